The molecule has 1 rings (SSSR count). The Kier molecular flexibility index (Phi) is 5.75. The van der Waals surface area contributed by atoms with Crippen LogP contribution in [-0.2, 0) is 14.3 Å². The summed E-state index contributed by atoms with van der Waals surface area (Å²) in [6, 6.07) is 0.105. The average molecular weight is 271 g/mol. The first kappa shape index (κ1) is 15.9. The van der Waals surface area contributed by atoms with Crippen molar-refractivity contribution >= 4 is 11.8 Å². The SMILES string of the molecule is CCC(C)(N)C(=O)NC1CCN(C(=O)COC)CC1. The Morgan fingerprint density at radius 2 is 2.00 bits per heavy atom. The lowest BCUT2D eigenvalue weighted by Gasteiger charge is -2.34. The molecular weight excluding hydrogens is 246 g/mol. The van der Waals surface area contributed by atoms with Crippen LogP contribution in [-0.4, -0.2) is 55.1 Å². The number of carbonyl (C=O) groups is 2. The number of nitrogens with two attached hydrogens (primary N) is 1. The standard InChI is InChI=1S/C13H25N3O3/c1-4-13(2,14)12(18)15-10-5-7-16(8-6-10)11(17)9-19-3/h10H,4-9,14H2,1-3H3,(H,15,18). The summed E-state index contributed by atoms with van der Waals surface area (Å²) in [4.78, 5) is 25.3. The first-order valence-electron chi connectivity index (χ1n) is 6.77. The van der Waals surface area contributed by atoms with Crippen LogP contribution in [0.25, 0.3) is 0 Å². The van der Waals surface area contributed by atoms with Crippen molar-refractivity contribution < 1.29 is 14.3 Å². The lowest BCUT2D eigenvalue weighted by Crippen LogP contribution is -2.56. The van der Waals surface area contributed by atoms with E-state index in [1.807, 2.05) is 6.92 Å². The minimum absolute atomic E-state index is 0.00416. The summed E-state index contributed by atoms with van der Waals surface area (Å²) >= 11 is 0. The van der Waals surface area contributed by atoms with Crippen LogP contribution >= 0.6 is 0 Å². The summed E-state index contributed by atoms with van der Waals surface area (Å²) in [5, 5.41) is 2.97. The van der Waals surface area contributed by atoms with E-state index in [1.165, 1.54) is 7.11 Å². The topological polar surface area (TPSA) is 84.7 Å². The van der Waals surface area contributed by atoms with E-state index in [9.17, 15) is 9.59 Å². The van der Waals surface area contributed by atoms with Crippen molar-refractivity contribution in [1.82, 2.24) is 10.2 Å². The van der Waals surface area contributed by atoms with Gasteiger partial charge in [0.05, 0.1) is 5.54 Å². The molecule has 0 saturated carbocycles. The normalized spacial score (nSPS) is 19.9. The third-order valence-electron chi connectivity index (χ3n) is 3.70. The van der Waals surface area contributed by atoms with Crippen molar-refractivity contribution in [2.75, 3.05) is 26.8 Å². The van der Waals surface area contributed by atoms with Crippen molar-refractivity contribution in [2.24, 2.45) is 5.73 Å². The molecule has 2 amide bonds. The maximum atomic E-state index is 11.9. The van der Waals surface area contributed by atoms with Crippen LogP contribution in [0.3, 0.4) is 0 Å². The quantitative estimate of drug-likeness (QED) is 0.729. The highest BCUT2D eigenvalue weighted by Gasteiger charge is 2.30. The summed E-state index contributed by atoms with van der Waals surface area (Å²) in [6.45, 7) is 5.06. The molecule has 0 aromatic carbocycles. The van der Waals surface area contributed by atoms with Gasteiger partial charge in [-0.1, -0.05) is 6.92 Å². The first-order chi connectivity index (χ1) is 8.90. The van der Waals surface area contributed by atoms with Gasteiger partial charge < -0.3 is 20.7 Å². The molecule has 1 saturated heterocycles. The zero-order valence-corrected chi connectivity index (χ0v) is 12.1. The molecule has 1 heterocycles. The molecule has 3 N–H and O–H groups in total. The molecule has 1 aliphatic heterocycles. The third-order valence-corrected chi connectivity index (χ3v) is 3.70. The highest BCUT2D eigenvalue weighted by Crippen LogP contribution is 2.13. The summed E-state index contributed by atoms with van der Waals surface area (Å²) in [5.74, 6) is -0.110. The van der Waals surface area contributed by atoms with Crippen LogP contribution in [0.15, 0.2) is 0 Å². The minimum atomic E-state index is -0.816. The van der Waals surface area contributed by atoms with Crippen LogP contribution < -0.4 is 11.1 Å². The van der Waals surface area contributed by atoms with Gasteiger partial charge in [0.1, 0.15) is 6.61 Å². The fraction of sp³-hybridized carbons (Fsp3) is 0.846. The summed E-state index contributed by atoms with van der Waals surface area (Å²) in [5.41, 5.74) is 5.08. The monoisotopic (exact) mass is 271 g/mol. The molecule has 0 radical (unpaired) electrons. The molecule has 1 fully saturated rings. The van der Waals surface area contributed by atoms with Gasteiger partial charge >= 0.3 is 0 Å². The van der Waals surface area contributed by atoms with Crippen molar-refractivity contribution in [3.05, 3.63) is 0 Å². The third kappa shape index (κ3) is 4.47. The Labute approximate surface area is 114 Å². The Morgan fingerprint density at radius 3 is 2.47 bits per heavy atom. The van der Waals surface area contributed by atoms with E-state index >= 15 is 0 Å². The van der Waals surface area contributed by atoms with Gasteiger partial charge in [-0.15, -0.1) is 0 Å². The van der Waals surface area contributed by atoms with Gasteiger partial charge in [-0.3, -0.25) is 9.59 Å². The van der Waals surface area contributed by atoms with Gasteiger partial charge in [0.25, 0.3) is 0 Å². The van der Waals surface area contributed by atoms with E-state index in [0.717, 1.165) is 12.8 Å². The highest BCUT2D eigenvalue weighted by molar-refractivity contribution is 5.85. The number of hydrogen-bond donors (Lipinski definition) is 2. The number of methoxy groups -OCH3 is 1. The Bertz CT molecular complexity index is 323. The van der Waals surface area contributed by atoms with E-state index in [0.29, 0.717) is 19.5 Å². The smallest absolute Gasteiger partial charge is 0.248 e. The number of rotatable bonds is 5. The Morgan fingerprint density at radius 1 is 1.42 bits per heavy atom. The molecule has 6 heteroatoms. The zero-order valence-electron chi connectivity index (χ0n) is 12.1. The largest absolute Gasteiger partial charge is 0.375 e. The predicted molar refractivity (Wildman–Crippen MR) is 72.5 cm³/mol. The number of hydrogen-bond acceptors (Lipinski definition) is 4. The van der Waals surface area contributed by atoms with Gasteiger partial charge in [-0.05, 0) is 26.2 Å². The molecular formula is C13H25N3O3. The average Bonchev–Trinajstić information content (AvgIpc) is 2.39. The van der Waals surface area contributed by atoms with E-state index in [2.05, 4.69) is 5.32 Å². The summed E-state index contributed by atoms with van der Waals surface area (Å²) in [7, 11) is 1.51. The zero-order chi connectivity index (χ0) is 14.5. The fourth-order valence-corrected chi connectivity index (χ4v) is 2.00. The van der Waals surface area contributed by atoms with Crippen LogP contribution in [0.4, 0.5) is 0 Å². The second-order valence-corrected chi connectivity index (χ2v) is 5.33. The molecule has 1 atom stereocenters. The van der Waals surface area contributed by atoms with Gasteiger partial charge in [-0.2, -0.15) is 0 Å². The van der Waals surface area contributed by atoms with Crippen LogP contribution in [0, 0.1) is 0 Å². The molecule has 0 aromatic rings. The minimum Gasteiger partial charge on any atom is -0.375 e. The van der Waals surface area contributed by atoms with Gasteiger partial charge in [-0.25, -0.2) is 0 Å². The van der Waals surface area contributed by atoms with E-state index in [1.54, 1.807) is 11.8 Å². The Hall–Kier alpha value is -1.14. The number of likely N-dealkylation sites (tertiary alicyclic amines) is 1. The lowest BCUT2D eigenvalue weighted by atomic mass is 9.97. The van der Waals surface area contributed by atoms with Crippen LogP contribution in [0.5, 0.6) is 0 Å². The second kappa shape index (κ2) is 6.86. The molecule has 0 bridgehead atoms. The molecule has 6 nitrogen and oxygen atoms in total. The lowest BCUT2D eigenvalue weighted by molar-refractivity contribution is -0.136. The number of carbonyl (C=O) groups excluding carboxylic acids is 2. The van der Waals surface area contributed by atoms with Crippen molar-refractivity contribution in [2.45, 2.75) is 44.7 Å². The summed E-state index contributed by atoms with van der Waals surface area (Å²) < 4.78 is 4.83. The van der Waals surface area contributed by atoms with Crippen molar-refractivity contribution in [3.63, 3.8) is 0 Å². The highest BCUT2D eigenvalue weighted by atomic mass is 16.5. The van der Waals surface area contributed by atoms with Crippen LogP contribution in [0.1, 0.15) is 33.1 Å². The van der Waals surface area contributed by atoms with Gasteiger partial charge in [0.2, 0.25) is 11.8 Å². The molecule has 0 aliphatic carbocycles. The van der Waals surface area contributed by atoms with Gasteiger partial charge in [0.15, 0.2) is 0 Å². The molecule has 19 heavy (non-hydrogen) atoms. The predicted octanol–water partition coefficient (Wildman–Crippen LogP) is -0.133. The van der Waals surface area contributed by atoms with Crippen LogP contribution in [0.2, 0.25) is 0 Å². The Balaban J connectivity index is 2.38. The van der Waals surface area contributed by atoms with Crippen molar-refractivity contribution in [1.29, 1.82) is 0 Å². The second-order valence-electron chi connectivity index (χ2n) is 5.33. The number of piperidine rings is 1. The maximum absolute atomic E-state index is 11.9. The first-order valence-corrected chi connectivity index (χ1v) is 6.77. The van der Waals surface area contributed by atoms with Gasteiger partial charge in [0, 0.05) is 26.2 Å². The van der Waals surface area contributed by atoms with E-state index < -0.39 is 5.54 Å². The van der Waals surface area contributed by atoms with E-state index in [-0.39, 0.29) is 24.5 Å². The van der Waals surface area contributed by atoms with E-state index in [4.69, 9.17) is 10.5 Å². The molecule has 110 valence electrons. The molecule has 1 unspecified atom stereocenters. The molecule has 0 aromatic heterocycles. The fourth-order valence-electron chi connectivity index (χ4n) is 2.00. The number of nitrogens with one attached hydrogen (secondary N) is 1. The summed E-state index contributed by atoms with van der Waals surface area (Å²) in [6.07, 6.45) is 2.13. The number of amides is 2. The number of ether oxygens (including phenoxy) is 1. The maximum Gasteiger partial charge on any atom is 0.248 e. The molecule has 0 spiro atoms. The molecule has 1 aliphatic rings. The number of nitrogens with zero attached hydrogens (tertiary/aromatic N) is 1. The van der Waals surface area contributed by atoms with Crippen molar-refractivity contribution in [3.8, 4) is 0 Å².